The molecule has 6 nitrogen and oxygen atoms in total. The van der Waals surface area contributed by atoms with E-state index in [1.54, 1.807) is 30.7 Å². The number of rotatable bonds is 3. The standard InChI is InChI=1S/C24H24N2O4/c1-13-15-10-17-18(24(3,4)5)12-29-21(17)14(2)22(15)30-23(28)16(13)11-20(27)26-19-8-6-7-9-25-19/h6-10,12H,11H2,1-5H3,(H,25,26,27). The summed E-state index contributed by atoms with van der Waals surface area (Å²) in [5, 5.41) is 4.52. The fourth-order valence-electron chi connectivity index (χ4n) is 3.77. The molecule has 3 aromatic heterocycles. The van der Waals surface area contributed by atoms with Gasteiger partial charge in [0.1, 0.15) is 17.0 Å². The van der Waals surface area contributed by atoms with Crippen molar-refractivity contribution >= 4 is 33.7 Å². The van der Waals surface area contributed by atoms with Gasteiger partial charge in [-0.1, -0.05) is 26.8 Å². The van der Waals surface area contributed by atoms with Gasteiger partial charge in [-0.05, 0) is 43.0 Å². The number of carbonyl (C=O) groups excluding carboxylic acids is 1. The fourth-order valence-corrected chi connectivity index (χ4v) is 3.77. The van der Waals surface area contributed by atoms with Gasteiger partial charge in [-0.25, -0.2) is 9.78 Å². The maximum absolute atomic E-state index is 12.7. The number of benzene rings is 1. The zero-order chi connectivity index (χ0) is 21.6. The Morgan fingerprint density at radius 3 is 2.53 bits per heavy atom. The normalized spacial score (nSPS) is 11.9. The van der Waals surface area contributed by atoms with Crippen LogP contribution in [0, 0.1) is 13.8 Å². The quantitative estimate of drug-likeness (QED) is 0.484. The average molecular weight is 404 g/mol. The Hall–Kier alpha value is -3.41. The van der Waals surface area contributed by atoms with E-state index in [1.165, 1.54) is 0 Å². The summed E-state index contributed by atoms with van der Waals surface area (Å²) in [6, 6.07) is 7.24. The summed E-state index contributed by atoms with van der Waals surface area (Å²) in [6.07, 6.45) is 3.28. The molecule has 1 N–H and O–H groups in total. The highest BCUT2D eigenvalue weighted by atomic mass is 16.4. The van der Waals surface area contributed by atoms with Crippen LogP contribution in [-0.2, 0) is 16.6 Å². The third-order valence-electron chi connectivity index (χ3n) is 5.42. The molecule has 4 aromatic rings. The Kier molecular flexibility index (Phi) is 4.73. The van der Waals surface area contributed by atoms with E-state index < -0.39 is 5.63 Å². The molecule has 1 aromatic carbocycles. The predicted molar refractivity (Wildman–Crippen MR) is 117 cm³/mol. The van der Waals surface area contributed by atoms with E-state index in [2.05, 4.69) is 31.1 Å². The Morgan fingerprint density at radius 1 is 1.10 bits per heavy atom. The second-order valence-corrected chi connectivity index (χ2v) is 8.59. The second kappa shape index (κ2) is 7.13. The highest BCUT2D eigenvalue weighted by Gasteiger charge is 2.24. The molecule has 3 heterocycles. The number of furan rings is 1. The molecule has 0 spiro atoms. The molecule has 0 aliphatic rings. The zero-order valence-electron chi connectivity index (χ0n) is 17.8. The van der Waals surface area contributed by atoms with E-state index in [0.29, 0.717) is 17.0 Å². The van der Waals surface area contributed by atoms with E-state index in [1.807, 2.05) is 19.9 Å². The van der Waals surface area contributed by atoms with Crippen LogP contribution in [0.15, 0.2) is 50.4 Å². The minimum absolute atomic E-state index is 0.0880. The molecule has 0 radical (unpaired) electrons. The number of hydrogen-bond acceptors (Lipinski definition) is 5. The van der Waals surface area contributed by atoms with Crippen LogP contribution in [0.2, 0.25) is 0 Å². The summed E-state index contributed by atoms with van der Waals surface area (Å²) >= 11 is 0. The lowest BCUT2D eigenvalue weighted by Gasteiger charge is -2.17. The summed E-state index contributed by atoms with van der Waals surface area (Å²) in [4.78, 5) is 29.3. The lowest BCUT2D eigenvalue weighted by Crippen LogP contribution is -2.21. The largest absolute Gasteiger partial charge is 0.464 e. The van der Waals surface area contributed by atoms with Crippen molar-refractivity contribution in [1.82, 2.24) is 4.98 Å². The number of nitrogens with zero attached hydrogens (tertiary/aromatic N) is 1. The number of amides is 1. The first-order valence-corrected chi connectivity index (χ1v) is 9.85. The number of fused-ring (bicyclic) bond motifs is 2. The third-order valence-corrected chi connectivity index (χ3v) is 5.42. The van der Waals surface area contributed by atoms with E-state index in [9.17, 15) is 9.59 Å². The molecule has 6 heteroatoms. The van der Waals surface area contributed by atoms with Gasteiger partial charge in [-0.15, -0.1) is 0 Å². The van der Waals surface area contributed by atoms with E-state index in [-0.39, 0.29) is 17.7 Å². The van der Waals surface area contributed by atoms with Gasteiger partial charge in [-0.3, -0.25) is 4.79 Å². The number of aromatic nitrogens is 1. The maximum atomic E-state index is 12.7. The van der Waals surface area contributed by atoms with Crippen molar-refractivity contribution in [3.63, 3.8) is 0 Å². The molecule has 0 aliphatic carbocycles. The lowest BCUT2D eigenvalue weighted by atomic mass is 9.86. The van der Waals surface area contributed by atoms with Gasteiger partial charge in [-0.2, -0.15) is 0 Å². The molecule has 0 aliphatic heterocycles. The Balaban J connectivity index is 1.83. The van der Waals surface area contributed by atoms with Gasteiger partial charge >= 0.3 is 5.63 Å². The van der Waals surface area contributed by atoms with Crippen LogP contribution in [0.25, 0.3) is 21.9 Å². The van der Waals surface area contributed by atoms with Gasteiger partial charge in [0.05, 0.1) is 18.2 Å². The van der Waals surface area contributed by atoms with Crippen LogP contribution in [0.3, 0.4) is 0 Å². The van der Waals surface area contributed by atoms with Crippen LogP contribution in [-0.4, -0.2) is 10.9 Å². The molecule has 154 valence electrons. The van der Waals surface area contributed by atoms with Crippen molar-refractivity contribution in [3.8, 4) is 0 Å². The van der Waals surface area contributed by atoms with Crippen LogP contribution in [0.4, 0.5) is 5.82 Å². The van der Waals surface area contributed by atoms with E-state index in [0.717, 1.165) is 33.0 Å². The first kappa shape index (κ1) is 19.9. The monoisotopic (exact) mass is 404 g/mol. The topological polar surface area (TPSA) is 85.3 Å². The van der Waals surface area contributed by atoms with Gasteiger partial charge < -0.3 is 14.2 Å². The van der Waals surface area contributed by atoms with Gasteiger partial charge in [0.15, 0.2) is 0 Å². The highest BCUT2D eigenvalue weighted by Crippen LogP contribution is 2.37. The smallest absolute Gasteiger partial charge is 0.340 e. The SMILES string of the molecule is Cc1c(CC(=O)Nc2ccccn2)c(=O)oc2c(C)c3occ(C(C)(C)C)c3cc12. The number of anilines is 1. The molecule has 4 rings (SSSR count). The van der Waals surface area contributed by atoms with Crippen LogP contribution >= 0.6 is 0 Å². The van der Waals surface area contributed by atoms with Crippen molar-refractivity contribution in [3.05, 3.63) is 69.4 Å². The lowest BCUT2D eigenvalue weighted by molar-refractivity contribution is -0.115. The van der Waals surface area contributed by atoms with Crippen molar-refractivity contribution < 1.29 is 13.6 Å². The summed E-state index contributed by atoms with van der Waals surface area (Å²) in [6.45, 7) is 10.1. The van der Waals surface area contributed by atoms with Crippen molar-refractivity contribution in [2.24, 2.45) is 0 Å². The number of pyridine rings is 1. The van der Waals surface area contributed by atoms with Gasteiger partial charge in [0, 0.05) is 28.1 Å². The van der Waals surface area contributed by atoms with Crippen molar-refractivity contribution in [2.75, 3.05) is 5.32 Å². The van der Waals surface area contributed by atoms with Crippen molar-refractivity contribution in [2.45, 2.75) is 46.5 Å². The van der Waals surface area contributed by atoms with Crippen LogP contribution in [0.1, 0.15) is 43.0 Å². The molecule has 0 unspecified atom stereocenters. The Bertz CT molecular complexity index is 1330. The van der Waals surface area contributed by atoms with Crippen LogP contribution < -0.4 is 10.9 Å². The molecule has 0 fully saturated rings. The first-order valence-electron chi connectivity index (χ1n) is 9.85. The van der Waals surface area contributed by atoms with Crippen LogP contribution in [0.5, 0.6) is 0 Å². The first-order chi connectivity index (χ1) is 14.2. The minimum Gasteiger partial charge on any atom is -0.464 e. The minimum atomic E-state index is -0.513. The van der Waals surface area contributed by atoms with Gasteiger partial charge in [0.2, 0.25) is 5.91 Å². The van der Waals surface area contributed by atoms with E-state index in [4.69, 9.17) is 8.83 Å². The second-order valence-electron chi connectivity index (χ2n) is 8.59. The average Bonchev–Trinajstić information content (AvgIpc) is 3.12. The number of nitrogens with one attached hydrogen (secondary N) is 1. The number of hydrogen-bond donors (Lipinski definition) is 1. The molecular weight excluding hydrogens is 380 g/mol. The summed E-state index contributed by atoms with van der Waals surface area (Å²) < 4.78 is 11.5. The fraction of sp³-hybridized carbons (Fsp3) is 0.292. The molecule has 1 amide bonds. The van der Waals surface area contributed by atoms with E-state index >= 15 is 0 Å². The summed E-state index contributed by atoms with van der Waals surface area (Å²) in [5.74, 6) is 0.121. The maximum Gasteiger partial charge on any atom is 0.340 e. The summed E-state index contributed by atoms with van der Waals surface area (Å²) in [7, 11) is 0. The zero-order valence-corrected chi connectivity index (χ0v) is 17.8. The van der Waals surface area contributed by atoms with Crippen molar-refractivity contribution in [1.29, 1.82) is 0 Å². The molecule has 0 saturated carbocycles. The molecule has 30 heavy (non-hydrogen) atoms. The number of aryl methyl sites for hydroxylation is 2. The molecule has 0 saturated heterocycles. The molecule has 0 bridgehead atoms. The summed E-state index contributed by atoms with van der Waals surface area (Å²) in [5.41, 5.74) is 3.55. The third kappa shape index (κ3) is 3.38. The Morgan fingerprint density at radius 2 is 1.87 bits per heavy atom. The molecular formula is C24H24N2O4. The van der Waals surface area contributed by atoms with Gasteiger partial charge in [0.25, 0.3) is 0 Å². The molecule has 0 atom stereocenters. The predicted octanol–water partition coefficient (Wildman–Crippen LogP) is 5.03. The number of carbonyl (C=O) groups is 1. The Labute approximate surface area is 173 Å². The highest BCUT2D eigenvalue weighted by molar-refractivity contribution is 6.00.